The van der Waals surface area contributed by atoms with Gasteiger partial charge in [0.15, 0.2) is 0 Å². The Bertz CT molecular complexity index is 819. The van der Waals surface area contributed by atoms with Gasteiger partial charge in [-0.05, 0) is 44.2 Å². The van der Waals surface area contributed by atoms with Gasteiger partial charge in [0.25, 0.3) is 0 Å². The summed E-state index contributed by atoms with van der Waals surface area (Å²) >= 11 is 0. The zero-order valence-electron chi connectivity index (χ0n) is 17.4. The summed E-state index contributed by atoms with van der Waals surface area (Å²) in [6.45, 7) is 8.86. The average Bonchev–Trinajstić information content (AvgIpc) is 2.93. The first-order chi connectivity index (χ1) is 13.6. The first kappa shape index (κ1) is 20.4. The van der Waals surface area contributed by atoms with Crippen molar-refractivity contribution in [3.63, 3.8) is 0 Å². The van der Waals surface area contributed by atoms with E-state index in [-0.39, 0.29) is 0 Å². The summed E-state index contributed by atoms with van der Waals surface area (Å²) in [4.78, 5) is 0. The molecule has 0 saturated heterocycles. The maximum Gasteiger partial charge on any atom is 0.127 e. The second-order valence-electron chi connectivity index (χ2n) is 8.12. The number of rotatable bonds is 6. The molecule has 148 valence electrons. The molecule has 1 aromatic carbocycles. The maximum absolute atomic E-state index is 9.01. The van der Waals surface area contributed by atoms with Gasteiger partial charge < -0.3 is 4.74 Å². The van der Waals surface area contributed by atoms with Crippen LogP contribution >= 0.6 is 0 Å². The quantitative estimate of drug-likeness (QED) is 0.411. The highest BCUT2D eigenvalue weighted by molar-refractivity contribution is 6.14. The van der Waals surface area contributed by atoms with Crippen molar-refractivity contribution < 1.29 is 4.74 Å². The molecule has 28 heavy (non-hydrogen) atoms. The third kappa shape index (κ3) is 4.92. The van der Waals surface area contributed by atoms with E-state index in [4.69, 9.17) is 10.1 Å². The van der Waals surface area contributed by atoms with E-state index in [1.165, 1.54) is 37.7 Å². The van der Waals surface area contributed by atoms with Crippen LogP contribution in [-0.2, 0) is 0 Å². The zero-order valence-corrected chi connectivity index (χ0v) is 17.4. The minimum Gasteiger partial charge on any atom is -0.493 e. The lowest BCUT2D eigenvalue weighted by Gasteiger charge is -2.24. The van der Waals surface area contributed by atoms with Crippen LogP contribution in [0.4, 0.5) is 0 Å². The number of fused-ring (bicyclic) bond motifs is 1. The number of allylic oxidation sites excluding steroid dienone is 5. The molecule has 1 fully saturated rings. The van der Waals surface area contributed by atoms with Gasteiger partial charge in [0.1, 0.15) is 5.75 Å². The molecule has 1 aliphatic heterocycles. The van der Waals surface area contributed by atoms with Gasteiger partial charge in [0.2, 0.25) is 0 Å². The van der Waals surface area contributed by atoms with Gasteiger partial charge in [-0.3, -0.25) is 5.41 Å². The van der Waals surface area contributed by atoms with Crippen molar-refractivity contribution in [1.29, 1.82) is 5.41 Å². The van der Waals surface area contributed by atoms with Gasteiger partial charge >= 0.3 is 0 Å². The molecule has 2 aliphatic rings. The lowest BCUT2D eigenvalue weighted by atomic mass is 9.82. The molecule has 0 aromatic heterocycles. The number of benzene rings is 1. The van der Waals surface area contributed by atoms with Crippen molar-refractivity contribution in [2.24, 2.45) is 5.92 Å². The van der Waals surface area contributed by atoms with E-state index in [2.05, 4.69) is 44.7 Å². The summed E-state index contributed by atoms with van der Waals surface area (Å²) in [5, 5.41) is 9.01. The Hall–Kier alpha value is -2.35. The average molecular weight is 376 g/mol. The highest BCUT2D eigenvalue weighted by Crippen LogP contribution is 2.33. The van der Waals surface area contributed by atoms with Gasteiger partial charge in [0, 0.05) is 16.7 Å². The molecule has 1 aliphatic carbocycles. The largest absolute Gasteiger partial charge is 0.493 e. The van der Waals surface area contributed by atoms with Gasteiger partial charge in [-0.25, -0.2) is 0 Å². The minimum absolute atomic E-state index is 0.587. The number of ether oxygens (including phenoxy) is 1. The van der Waals surface area contributed by atoms with E-state index in [9.17, 15) is 0 Å². The Morgan fingerprint density at radius 2 is 2.00 bits per heavy atom. The fourth-order valence-corrected chi connectivity index (χ4v) is 4.48. The van der Waals surface area contributed by atoms with Crippen LogP contribution in [0.1, 0.15) is 69.9 Å². The molecule has 0 unspecified atom stereocenters. The monoisotopic (exact) mass is 375 g/mol. The van der Waals surface area contributed by atoms with Gasteiger partial charge in [-0.15, -0.1) is 0 Å². The van der Waals surface area contributed by atoms with E-state index < -0.39 is 0 Å². The lowest BCUT2D eigenvalue weighted by molar-refractivity contribution is 0.326. The van der Waals surface area contributed by atoms with Crippen LogP contribution in [0.15, 0.2) is 59.7 Å². The number of hydrogen-bond donors (Lipinski definition) is 1. The van der Waals surface area contributed by atoms with E-state index in [0.717, 1.165) is 46.8 Å². The molecule has 2 nitrogen and oxygen atoms in total. The second-order valence-corrected chi connectivity index (χ2v) is 8.12. The molecule has 1 heterocycles. The Morgan fingerprint density at radius 1 is 1.21 bits per heavy atom. The summed E-state index contributed by atoms with van der Waals surface area (Å²) in [5.41, 5.74) is 6.10. The standard InChI is InChI=1S/C26H33NO/c1-4-10-19(2)25(20(3)17-21-11-6-5-7-12-21)26(27)23-15-14-22-13-8-9-16-28-24(22)18-23/h4,8,10,13-15,18,21,27H,1,5-7,9,11-12,16-17H2,2-3H3/b19-10-,25-20-,27-26?. The molecule has 0 amide bonds. The molecular weight excluding hydrogens is 342 g/mol. The number of nitrogens with one attached hydrogen (secondary N) is 1. The molecule has 2 heteroatoms. The van der Waals surface area contributed by atoms with E-state index in [1.54, 1.807) is 0 Å². The second kappa shape index (κ2) is 9.73. The Balaban J connectivity index is 1.93. The molecule has 0 radical (unpaired) electrons. The normalized spacial score (nSPS) is 18.6. The minimum atomic E-state index is 0.587. The molecule has 3 rings (SSSR count). The Morgan fingerprint density at radius 3 is 2.75 bits per heavy atom. The van der Waals surface area contributed by atoms with Crippen molar-refractivity contribution in [3.8, 4) is 5.75 Å². The highest BCUT2D eigenvalue weighted by Gasteiger charge is 2.19. The first-order valence-corrected chi connectivity index (χ1v) is 10.6. The third-order valence-electron chi connectivity index (χ3n) is 5.90. The molecule has 0 spiro atoms. The molecule has 0 bridgehead atoms. The fraction of sp³-hybridized carbons (Fsp3) is 0.423. The van der Waals surface area contributed by atoms with Crippen molar-refractivity contribution in [1.82, 2.24) is 0 Å². The van der Waals surface area contributed by atoms with Crippen LogP contribution < -0.4 is 4.74 Å². The van der Waals surface area contributed by atoms with Crippen LogP contribution in [0.5, 0.6) is 5.75 Å². The SMILES string of the molecule is C=C/C=C(C)\C(C(=N)c1ccc2c(c1)OCCC=C2)=C(/C)CC1CCCCC1. The van der Waals surface area contributed by atoms with E-state index in [1.807, 2.05) is 18.2 Å². The zero-order chi connectivity index (χ0) is 19.9. The predicted molar refractivity (Wildman–Crippen MR) is 120 cm³/mol. The molecule has 0 atom stereocenters. The topological polar surface area (TPSA) is 33.1 Å². The third-order valence-corrected chi connectivity index (χ3v) is 5.90. The first-order valence-electron chi connectivity index (χ1n) is 10.6. The van der Waals surface area contributed by atoms with Crippen LogP contribution in [0.25, 0.3) is 6.08 Å². The van der Waals surface area contributed by atoms with Gasteiger partial charge in [-0.1, -0.05) is 80.7 Å². The summed E-state index contributed by atoms with van der Waals surface area (Å²) in [6, 6.07) is 6.15. The van der Waals surface area contributed by atoms with E-state index in [0.29, 0.717) is 12.3 Å². The summed E-state index contributed by atoms with van der Waals surface area (Å²) in [6.07, 6.45) is 16.8. The number of hydrogen-bond acceptors (Lipinski definition) is 2. The van der Waals surface area contributed by atoms with E-state index >= 15 is 0 Å². The smallest absolute Gasteiger partial charge is 0.127 e. The molecule has 1 saturated carbocycles. The molecular formula is C26H33NO. The van der Waals surface area contributed by atoms with Crippen molar-refractivity contribution in [3.05, 3.63) is 70.9 Å². The lowest BCUT2D eigenvalue weighted by Crippen LogP contribution is -2.12. The Labute approximate surface area is 170 Å². The summed E-state index contributed by atoms with van der Waals surface area (Å²) < 4.78 is 5.90. The summed E-state index contributed by atoms with van der Waals surface area (Å²) in [7, 11) is 0. The van der Waals surface area contributed by atoms with Crippen LogP contribution in [-0.4, -0.2) is 12.3 Å². The summed E-state index contributed by atoms with van der Waals surface area (Å²) in [5.74, 6) is 1.64. The molecule has 1 N–H and O–H groups in total. The van der Waals surface area contributed by atoms with Crippen LogP contribution in [0.3, 0.4) is 0 Å². The van der Waals surface area contributed by atoms with Crippen molar-refractivity contribution in [2.45, 2.75) is 58.8 Å². The van der Waals surface area contributed by atoms with Gasteiger partial charge in [-0.2, -0.15) is 0 Å². The highest BCUT2D eigenvalue weighted by atomic mass is 16.5. The van der Waals surface area contributed by atoms with Crippen LogP contribution in [0, 0.1) is 11.3 Å². The maximum atomic E-state index is 9.01. The van der Waals surface area contributed by atoms with Gasteiger partial charge in [0.05, 0.1) is 12.3 Å². The van der Waals surface area contributed by atoms with Crippen molar-refractivity contribution >= 4 is 11.8 Å². The van der Waals surface area contributed by atoms with Crippen LogP contribution in [0.2, 0.25) is 0 Å². The van der Waals surface area contributed by atoms with Crippen molar-refractivity contribution in [2.75, 3.05) is 6.61 Å². The predicted octanol–water partition coefficient (Wildman–Crippen LogP) is 7.27. The Kier molecular flexibility index (Phi) is 7.08. The molecule has 1 aromatic rings. The fourth-order valence-electron chi connectivity index (χ4n) is 4.48.